The molecule has 1 aromatic carbocycles. The van der Waals surface area contributed by atoms with Crippen LogP contribution >= 0.6 is 0 Å². The molecule has 0 saturated heterocycles. The SMILES string of the molecule is CCOC(c1ccccc1)C(CCC1CC1)NC. The maximum atomic E-state index is 5.97. The van der Waals surface area contributed by atoms with Crippen LogP contribution in [0.4, 0.5) is 0 Å². The van der Waals surface area contributed by atoms with Gasteiger partial charge in [-0.3, -0.25) is 0 Å². The van der Waals surface area contributed by atoms with Crippen molar-refractivity contribution in [2.45, 2.75) is 44.8 Å². The van der Waals surface area contributed by atoms with E-state index in [9.17, 15) is 0 Å². The third-order valence-electron chi connectivity index (χ3n) is 3.79. The second kappa shape index (κ2) is 6.91. The van der Waals surface area contributed by atoms with Crippen molar-refractivity contribution in [3.8, 4) is 0 Å². The predicted molar refractivity (Wildman–Crippen MR) is 75.6 cm³/mol. The summed E-state index contributed by atoms with van der Waals surface area (Å²) in [6, 6.07) is 11.0. The minimum absolute atomic E-state index is 0.181. The molecule has 1 aromatic rings. The summed E-state index contributed by atoms with van der Waals surface area (Å²) < 4.78 is 5.97. The van der Waals surface area contributed by atoms with Gasteiger partial charge in [0.25, 0.3) is 0 Å². The van der Waals surface area contributed by atoms with E-state index >= 15 is 0 Å². The molecule has 0 bridgehead atoms. The molecule has 2 unspecified atom stereocenters. The molecule has 0 heterocycles. The van der Waals surface area contributed by atoms with Crippen molar-refractivity contribution in [1.29, 1.82) is 0 Å². The summed E-state index contributed by atoms with van der Waals surface area (Å²) in [6.07, 6.45) is 5.59. The van der Waals surface area contributed by atoms with Crippen molar-refractivity contribution in [2.24, 2.45) is 5.92 Å². The Bertz CT molecular complexity index is 334. The van der Waals surface area contributed by atoms with Crippen LogP contribution in [0.25, 0.3) is 0 Å². The fraction of sp³-hybridized carbons (Fsp3) is 0.625. The van der Waals surface area contributed by atoms with E-state index in [0.717, 1.165) is 12.5 Å². The lowest BCUT2D eigenvalue weighted by atomic mass is 9.97. The predicted octanol–water partition coefficient (Wildman–Crippen LogP) is 3.54. The molecule has 2 rings (SSSR count). The molecule has 1 fully saturated rings. The number of hydrogen-bond donors (Lipinski definition) is 1. The molecule has 2 atom stereocenters. The van der Waals surface area contributed by atoms with E-state index in [1.165, 1.54) is 31.2 Å². The number of benzene rings is 1. The average molecular weight is 247 g/mol. The fourth-order valence-corrected chi connectivity index (χ4v) is 2.54. The molecule has 0 aromatic heterocycles. The summed E-state index contributed by atoms with van der Waals surface area (Å²) in [4.78, 5) is 0. The third-order valence-corrected chi connectivity index (χ3v) is 3.79. The number of likely N-dealkylation sites (N-methyl/N-ethyl adjacent to an activating group) is 1. The van der Waals surface area contributed by atoms with Crippen molar-refractivity contribution in [3.63, 3.8) is 0 Å². The second-order valence-electron chi connectivity index (χ2n) is 5.20. The van der Waals surface area contributed by atoms with E-state index in [0.29, 0.717) is 6.04 Å². The van der Waals surface area contributed by atoms with Gasteiger partial charge in [0.05, 0.1) is 6.10 Å². The highest BCUT2D eigenvalue weighted by Gasteiger charge is 2.26. The van der Waals surface area contributed by atoms with Crippen LogP contribution in [0.2, 0.25) is 0 Å². The number of hydrogen-bond acceptors (Lipinski definition) is 2. The summed E-state index contributed by atoms with van der Waals surface area (Å²) in [5.74, 6) is 0.985. The Kier molecular flexibility index (Phi) is 5.21. The van der Waals surface area contributed by atoms with Gasteiger partial charge in [0.1, 0.15) is 0 Å². The Morgan fingerprint density at radius 3 is 2.56 bits per heavy atom. The van der Waals surface area contributed by atoms with Gasteiger partial charge >= 0.3 is 0 Å². The van der Waals surface area contributed by atoms with Gasteiger partial charge in [-0.2, -0.15) is 0 Å². The molecule has 18 heavy (non-hydrogen) atoms. The summed E-state index contributed by atoms with van der Waals surface area (Å²) in [5, 5.41) is 3.44. The zero-order valence-corrected chi connectivity index (χ0v) is 11.6. The van der Waals surface area contributed by atoms with Crippen LogP contribution < -0.4 is 5.32 Å². The van der Waals surface area contributed by atoms with Gasteiger partial charge in [0, 0.05) is 12.6 Å². The average Bonchev–Trinajstić information content (AvgIpc) is 3.23. The Morgan fingerprint density at radius 1 is 1.28 bits per heavy atom. The third kappa shape index (κ3) is 3.82. The molecule has 0 amide bonds. The lowest BCUT2D eigenvalue weighted by Gasteiger charge is -2.27. The maximum absolute atomic E-state index is 5.97. The van der Waals surface area contributed by atoms with Crippen molar-refractivity contribution in [2.75, 3.05) is 13.7 Å². The van der Waals surface area contributed by atoms with Crippen molar-refractivity contribution >= 4 is 0 Å². The molecular weight excluding hydrogens is 222 g/mol. The number of ether oxygens (including phenoxy) is 1. The molecule has 0 radical (unpaired) electrons. The first-order valence-electron chi connectivity index (χ1n) is 7.19. The van der Waals surface area contributed by atoms with E-state index in [1.807, 2.05) is 7.05 Å². The van der Waals surface area contributed by atoms with Gasteiger partial charge in [-0.25, -0.2) is 0 Å². The van der Waals surface area contributed by atoms with Gasteiger partial charge in [-0.1, -0.05) is 43.2 Å². The monoisotopic (exact) mass is 247 g/mol. The van der Waals surface area contributed by atoms with E-state index in [4.69, 9.17) is 4.74 Å². The molecule has 1 N–H and O–H groups in total. The van der Waals surface area contributed by atoms with Crippen LogP contribution in [-0.2, 0) is 4.74 Å². The first kappa shape index (κ1) is 13.6. The number of rotatable bonds is 8. The first-order chi connectivity index (χ1) is 8.85. The van der Waals surface area contributed by atoms with Gasteiger partial charge < -0.3 is 10.1 Å². The molecule has 100 valence electrons. The van der Waals surface area contributed by atoms with Crippen LogP contribution in [0, 0.1) is 5.92 Å². The molecule has 0 aliphatic heterocycles. The normalized spacial score (nSPS) is 18.6. The first-order valence-corrected chi connectivity index (χ1v) is 7.19. The minimum Gasteiger partial charge on any atom is -0.372 e. The quantitative estimate of drug-likeness (QED) is 0.758. The summed E-state index contributed by atoms with van der Waals surface area (Å²) in [5.41, 5.74) is 1.29. The number of nitrogens with one attached hydrogen (secondary N) is 1. The summed E-state index contributed by atoms with van der Waals surface area (Å²) in [6.45, 7) is 2.84. The van der Waals surface area contributed by atoms with Crippen LogP contribution in [0.15, 0.2) is 30.3 Å². The van der Waals surface area contributed by atoms with E-state index in [1.54, 1.807) is 0 Å². The van der Waals surface area contributed by atoms with Gasteiger partial charge in [0.2, 0.25) is 0 Å². The van der Waals surface area contributed by atoms with Gasteiger partial charge in [0.15, 0.2) is 0 Å². The smallest absolute Gasteiger partial charge is 0.0977 e. The molecule has 0 spiro atoms. The van der Waals surface area contributed by atoms with E-state index < -0.39 is 0 Å². The standard InChI is InChI=1S/C16H25NO/c1-3-18-16(14-7-5-4-6-8-14)15(17-2)12-11-13-9-10-13/h4-8,13,15-17H,3,9-12H2,1-2H3. The van der Waals surface area contributed by atoms with Crippen molar-refractivity contribution in [1.82, 2.24) is 5.32 Å². The summed E-state index contributed by atoms with van der Waals surface area (Å²) in [7, 11) is 2.05. The lowest BCUT2D eigenvalue weighted by Crippen LogP contribution is -2.33. The molecular formula is C16H25NO. The van der Waals surface area contributed by atoms with Crippen molar-refractivity contribution in [3.05, 3.63) is 35.9 Å². The maximum Gasteiger partial charge on any atom is 0.0977 e. The Labute approximate surface area is 111 Å². The van der Waals surface area contributed by atoms with Crippen LogP contribution in [0.5, 0.6) is 0 Å². The molecule has 1 aliphatic carbocycles. The zero-order chi connectivity index (χ0) is 12.8. The fourth-order valence-electron chi connectivity index (χ4n) is 2.54. The van der Waals surface area contributed by atoms with Gasteiger partial charge in [-0.05, 0) is 38.3 Å². The largest absolute Gasteiger partial charge is 0.372 e. The molecule has 1 aliphatic rings. The Balaban J connectivity index is 2.00. The summed E-state index contributed by atoms with van der Waals surface area (Å²) >= 11 is 0. The molecule has 1 saturated carbocycles. The Hall–Kier alpha value is -0.860. The lowest BCUT2D eigenvalue weighted by molar-refractivity contribution is 0.0320. The molecule has 2 heteroatoms. The Morgan fingerprint density at radius 2 is 2.00 bits per heavy atom. The van der Waals surface area contributed by atoms with Gasteiger partial charge in [-0.15, -0.1) is 0 Å². The van der Waals surface area contributed by atoms with Crippen molar-refractivity contribution < 1.29 is 4.74 Å². The minimum atomic E-state index is 0.181. The van der Waals surface area contributed by atoms with E-state index in [-0.39, 0.29) is 6.10 Å². The van der Waals surface area contributed by atoms with Crippen LogP contribution in [0.1, 0.15) is 44.3 Å². The van der Waals surface area contributed by atoms with Crippen LogP contribution in [0.3, 0.4) is 0 Å². The highest BCUT2D eigenvalue weighted by atomic mass is 16.5. The zero-order valence-electron chi connectivity index (χ0n) is 11.6. The van der Waals surface area contributed by atoms with Crippen LogP contribution in [-0.4, -0.2) is 19.7 Å². The highest BCUT2D eigenvalue weighted by molar-refractivity contribution is 5.19. The van der Waals surface area contributed by atoms with E-state index in [2.05, 4.69) is 42.6 Å². The molecule has 2 nitrogen and oxygen atoms in total. The topological polar surface area (TPSA) is 21.3 Å². The highest BCUT2D eigenvalue weighted by Crippen LogP contribution is 2.35. The second-order valence-corrected chi connectivity index (χ2v) is 5.20.